The van der Waals surface area contributed by atoms with Crippen LogP contribution >= 0.6 is 0 Å². The first kappa shape index (κ1) is 12.1. The molecule has 76 valence electrons. The van der Waals surface area contributed by atoms with Crippen molar-refractivity contribution in [1.29, 1.82) is 0 Å². The van der Waals surface area contributed by atoms with Gasteiger partial charge in [-0.3, -0.25) is 9.59 Å². The van der Waals surface area contributed by atoms with Gasteiger partial charge in [-0.25, -0.2) is 0 Å². The first-order chi connectivity index (χ1) is 5.84. The normalized spacial score (nSPS) is 11.3. The minimum atomic E-state index is -0.789. The van der Waals surface area contributed by atoms with Crippen LogP contribution in [0.5, 0.6) is 0 Å². The molecule has 0 aliphatic heterocycles. The molecule has 0 aliphatic carbocycles. The summed E-state index contributed by atoms with van der Waals surface area (Å²) in [5, 5.41) is 8.35. The molecule has 0 spiro atoms. The zero-order valence-corrected chi connectivity index (χ0v) is 8.59. The van der Waals surface area contributed by atoms with E-state index in [1.165, 1.54) is 0 Å². The van der Waals surface area contributed by atoms with Crippen LogP contribution in [0.4, 0.5) is 0 Å². The summed E-state index contributed by atoms with van der Waals surface area (Å²) >= 11 is 0. The van der Waals surface area contributed by atoms with E-state index in [9.17, 15) is 9.59 Å². The summed E-state index contributed by atoms with van der Waals surface area (Å²) in [7, 11) is 0. The Morgan fingerprint density at radius 2 is 1.54 bits per heavy atom. The second-order valence-corrected chi connectivity index (χ2v) is 4.27. The third-order valence-electron chi connectivity index (χ3n) is 1.88. The number of hydrogen-bond acceptors (Lipinski definition) is 2. The molecule has 0 saturated heterocycles. The van der Waals surface area contributed by atoms with Gasteiger partial charge in [0.2, 0.25) is 0 Å². The van der Waals surface area contributed by atoms with Gasteiger partial charge < -0.3 is 5.11 Å². The molecule has 0 aromatic rings. The average Bonchev–Trinajstić information content (AvgIpc) is 1.95. The largest absolute Gasteiger partial charge is 0.481 e. The summed E-state index contributed by atoms with van der Waals surface area (Å²) in [5.74, 6) is -0.582. The van der Waals surface area contributed by atoms with Crippen molar-refractivity contribution in [3.05, 3.63) is 0 Å². The zero-order chi connectivity index (χ0) is 10.5. The molecule has 0 saturated carbocycles. The number of unbranched alkanes of at least 4 members (excludes halogenated alkanes) is 1. The first-order valence-electron chi connectivity index (χ1n) is 4.59. The van der Waals surface area contributed by atoms with Crippen molar-refractivity contribution in [3.63, 3.8) is 0 Å². The van der Waals surface area contributed by atoms with Crippen molar-refractivity contribution in [2.24, 2.45) is 5.41 Å². The Labute approximate surface area is 79.1 Å². The molecule has 0 aliphatic rings. The topological polar surface area (TPSA) is 54.4 Å². The Balaban J connectivity index is 3.55. The molecule has 0 bridgehead atoms. The molecular formula is C10H18O3. The monoisotopic (exact) mass is 186 g/mol. The number of Topliss-reactive ketones (excluding diaryl/α,β-unsaturated/α-hetero) is 1. The van der Waals surface area contributed by atoms with Crippen LogP contribution in [0.25, 0.3) is 0 Å². The van der Waals surface area contributed by atoms with Crippen LogP contribution in [-0.4, -0.2) is 16.9 Å². The molecule has 0 rings (SSSR count). The zero-order valence-electron chi connectivity index (χ0n) is 8.59. The molecule has 1 N–H and O–H groups in total. The fraction of sp³-hybridized carbons (Fsp3) is 0.800. The van der Waals surface area contributed by atoms with Gasteiger partial charge in [0.25, 0.3) is 0 Å². The van der Waals surface area contributed by atoms with Crippen LogP contribution in [0.1, 0.15) is 46.5 Å². The number of aliphatic carboxylic acids is 1. The van der Waals surface area contributed by atoms with E-state index in [1.54, 1.807) is 0 Å². The smallest absolute Gasteiger partial charge is 0.303 e. The third kappa shape index (κ3) is 6.31. The van der Waals surface area contributed by atoms with E-state index in [0.717, 1.165) is 0 Å². The van der Waals surface area contributed by atoms with Crippen LogP contribution in [0, 0.1) is 5.41 Å². The molecule has 0 radical (unpaired) electrons. The van der Waals surface area contributed by atoms with Crippen molar-refractivity contribution in [3.8, 4) is 0 Å². The average molecular weight is 186 g/mol. The number of hydrogen-bond donors (Lipinski definition) is 1. The molecule has 0 aromatic heterocycles. The number of rotatable bonds is 5. The molecular weight excluding hydrogens is 168 g/mol. The number of carboxylic acid groups (broad SMARTS) is 1. The maximum absolute atomic E-state index is 11.4. The van der Waals surface area contributed by atoms with E-state index in [1.807, 2.05) is 20.8 Å². The van der Waals surface area contributed by atoms with Crippen LogP contribution in [0.2, 0.25) is 0 Å². The molecule has 0 aromatic carbocycles. The molecule has 0 unspecified atom stereocenters. The van der Waals surface area contributed by atoms with Gasteiger partial charge in [0, 0.05) is 18.3 Å². The summed E-state index contributed by atoms with van der Waals surface area (Å²) in [6.45, 7) is 5.64. The SMILES string of the molecule is CC(C)(C)C(=O)CCCCC(=O)O. The van der Waals surface area contributed by atoms with Crippen LogP contribution in [-0.2, 0) is 9.59 Å². The molecule has 0 fully saturated rings. The van der Waals surface area contributed by atoms with Gasteiger partial charge in [-0.2, -0.15) is 0 Å². The maximum atomic E-state index is 11.4. The molecule has 0 amide bonds. The standard InChI is InChI=1S/C10H18O3/c1-10(2,3)8(11)6-4-5-7-9(12)13/h4-7H2,1-3H3,(H,12,13). The summed E-state index contributed by atoms with van der Waals surface area (Å²) in [6.07, 6.45) is 1.94. The van der Waals surface area contributed by atoms with E-state index < -0.39 is 5.97 Å². The second-order valence-electron chi connectivity index (χ2n) is 4.27. The molecule has 0 heterocycles. The highest BCUT2D eigenvalue weighted by molar-refractivity contribution is 5.83. The van der Waals surface area contributed by atoms with Gasteiger partial charge in [0.1, 0.15) is 5.78 Å². The maximum Gasteiger partial charge on any atom is 0.303 e. The lowest BCUT2D eigenvalue weighted by atomic mass is 9.88. The van der Waals surface area contributed by atoms with Gasteiger partial charge >= 0.3 is 5.97 Å². The molecule has 0 atom stereocenters. The van der Waals surface area contributed by atoms with E-state index >= 15 is 0 Å². The lowest BCUT2D eigenvalue weighted by Crippen LogP contribution is -2.19. The Morgan fingerprint density at radius 3 is 1.92 bits per heavy atom. The summed E-state index contributed by atoms with van der Waals surface area (Å²) in [5.41, 5.74) is -0.288. The molecule has 3 heteroatoms. The fourth-order valence-electron chi connectivity index (χ4n) is 0.937. The van der Waals surface area contributed by atoms with Crippen molar-refractivity contribution in [2.45, 2.75) is 46.5 Å². The number of carbonyl (C=O) groups excluding carboxylic acids is 1. The molecule has 3 nitrogen and oxygen atoms in total. The summed E-state index contributed by atoms with van der Waals surface area (Å²) < 4.78 is 0. The predicted octanol–water partition coefficient (Wildman–Crippen LogP) is 2.25. The summed E-state index contributed by atoms with van der Waals surface area (Å²) in [6, 6.07) is 0. The van der Waals surface area contributed by atoms with Gasteiger partial charge in [0.15, 0.2) is 0 Å². The van der Waals surface area contributed by atoms with Gasteiger partial charge in [-0.15, -0.1) is 0 Å². The van der Waals surface area contributed by atoms with Gasteiger partial charge in [0.05, 0.1) is 0 Å². The van der Waals surface area contributed by atoms with Gasteiger partial charge in [-0.05, 0) is 12.8 Å². The Bertz CT molecular complexity index is 189. The quantitative estimate of drug-likeness (QED) is 0.670. The Kier molecular flexibility index (Phi) is 4.67. The number of carbonyl (C=O) groups is 2. The van der Waals surface area contributed by atoms with Crippen molar-refractivity contribution in [2.75, 3.05) is 0 Å². The van der Waals surface area contributed by atoms with Crippen LogP contribution < -0.4 is 0 Å². The van der Waals surface area contributed by atoms with Crippen LogP contribution in [0.3, 0.4) is 0 Å². The first-order valence-corrected chi connectivity index (χ1v) is 4.59. The predicted molar refractivity (Wildman–Crippen MR) is 50.6 cm³/mol. The van der Waals surface area contributed by atoms with Crippen LogP contribution in [0.15, 0.2) is 0 Å². The lowest BCUT2D eigenvalue weighted by Gasteiger charge is -2.15. The highest BCUT2D eigenvalue weighted by Crippen LogP contribution is 2.18. The van der Waals surface area contributed by atoms with Crippen molar-refractivity contribution >= 4 is 11.8 Å². The van der Waals surface area contributed by atoms with Crippen molar-refractivity contribution < 1.29 is 14.7 Å². The Hall–Kier alpha value is -0.860. The fourth-order valence-corrected chi connectivity index (χ4v) is 0.937. The highest BCUT2D eigenvalue weighted by atomic mass is 16.4. The Morgan fingerprint density at radius 1 is 1.08 bits per heavy atom. The van der Waals surface area contributed by atoms with E-state index in [-0.39, 0.29) is 17.6 Å². The lowest BCUT2D eigenvalue weighted by molar-refractivity contribution is -0.137. The van der Waals surface area contributed by atoms with E-state index in [0.29, 0.717) is 19.3 Å². The number of carboxylic acids is 1. The summed E-state index contributed by atoms with van der Waals surface area (Å²) in [4.78, 5) is 21.5. The van der Waals surface area contributed by atoms with E-state index in [4.69, 9.17) is 5.11 Å². The minimum absolute atomic E-state index is 0.164. The second kappa shape index (κ2) is 5.00. The molecule has 13 heavy (non-hydrogen) atoms. The minimum Gasteiger partial charge on any atom is -0.481 e. The number of ketones is 1. The van der Waals surface area contributed by atoms with Crippen molar-refractivity contribution in [1.82, 2.24) is 0 Å². The van der Waals surface area contributed by atoms with E-state index in [2.05, 4.69) is 0 Å². The van der Waals surface area contributed by atoms with Gasteiger partial charge in [-0.1, -0.05) is 20.8 Å². The highest BCUT2D eigenvalue weighted by Gasteiger charge is 2.19. The third-order valence-corrected chi connectivity index (χ3v) is 1.88.